The maximum absolute atomic E-state index is 12.2. The predicted molar refractivity (Wildman–Crippen MR) is 99.6 cm³/mol. The van der Waals surface area contributed by atoms with Crippen LogP contribution in [0.5, 0.6) is 5.75 Å². The number of hydrogen-bond acceptors (Lipinski definition) is 5. The molecule has 2 rings (SSSR count). The van der Waals surface area contributed by atoms with Gasteiger partial charge in [0.2, 0.25) is 10.0 Å². The molecule has 0 amide bonds. The van der Waals surface area contributed by atoms with Gasteiger partial charge in [-0.15, -0.1) is 11.8 Å². The molecule has 0 aliphatic heterocycles. The predicted octanol–water partition coefficient (Wildman–Crippen LogP) is 3.62. The van der Waals surface area contributed by atoms with Crippen LogP contribution < -0.4 is 9.46 Å². The van der Waals surface area contributed by atoms with Gasteiger partial charge in [0.15, 0.2) is 6.10 Å². The van der Waals surface area contributed by atoms with E-state index in [1.54, 1.807) is 17.8 Å². The van der Waals surface area contributed by atoms with Crippen molar-refractivity contribution >= 4 is 33.4 Å². The van der Waals surface area contributed by atoms with Gasteiger partial charge in [0.05, 0.1) is 11.4 Å². The second kappa shape index (κ2) is 8.59. The summed E-state index contributed by atoms with van der Waals surface area (Å²) in [5, 5.41) is 9.68. The Hall–Kier alpha value is -1.72. The van der Waals surface area contributed by atoms with Crippen LogP contribution in [-0.4, -0.2) is 27.3 Å². The molecule has 2 aromatic carbocycles. The van der Waals surface area contributed by atoms with Gasteiger partial charge in [-0.25, -0.2) is 13.1 Å². The first-order valence-corrected chi connectivity index (χ1v) is 10.4. The van der Waals surface area contributed by atoms with Crippen LogP contribution in [0.1, 0.15) is 5.56 Å². The van der Waals surface area contributed by atoms with Gasteiger partial charge in [-0.3, -0.25) is 0 Å². The van der Waals surface area contributed by atoms with Crippen molar-refractivity contribution < 1.29 is 13.2 Å². The van der Waals surface area contributed by atoms with Gasteiger partial charge in [0.1, 0.15) is 11.8 Å². The van der Waals surface area contributed by atoms with E-state index in [0.29, 0.717) is 10.8 Å². The van der Waals surface area contributed by atoms with Crippen LogP contribution >= 0.6 is 23.4 Å². The molecule has 0 fully saturated rings. The zero-order valence-electron chi connectivity index (χ0n) is 13.7. The maximum Gasteiger partial charge on any atom is 0.240 e. The Bertz CT molecular complexity index is 878. The summed E-state index contributed by atoms with van der Waals surface area (Å²) >= 11 is 7.38. The fraction of sp³-hybridized carbons (Fsp3) is 0.235. The summed E-state index contributed by atoms with van der Waals surface area (Å²) in [7, 11) is -3.74. The third-order valence-corrected chi connectivity index (χ3v) is 5.96. The molecule has 0 saturated carbocycles. The summed E-state index contributed by atoms with van der Waals surface area (Å²) in [4.78, 5) is 1.19. The highest BCUT2D eigenvalue weighted by molar-refractivity contribution is 7.98. The number of thioether (sulfide) groups is 1. The Morgan fingerprint density at radius 2 is 1.96 bits per heavy atom. The van der Waals surface area contributed by atoms with Crippen LogP contribution in [0.3, 0.4) is 0 Å². The first-order chi connectivity index (χ1) is 11.9. The van der Waals surface area contributed by atoms with Crippen molar-refractivity contribution in [1.29, 1.82) is 5.26 Å². The molecule has 1 atom stereocenters. The number of ether oxygens (including phenoxy) is 1. The van der Waals surface area contributed by atoms with Gasteiger partial charge < -0.3 is 4.74 Å². The largest absolute Gasteiger partial charge is 0.474 e. The molecule has 0 radical (unpaired) electrons. The van der Waals surface area contributed by atoms with Crippen molar-refractivity contribution in [2.45, 2.75) is 22.8 Å². The number of nitriles is 1. The van der Waals surface area contributed by atoms with Crippen molar-refractivity contribution in [3.8, 4) is 11.8 Å². The minimum absolute atomic E-state index is 0.0776. The molecule has 0 heterocycles. The molecule has 0 saturated heterocycles. The molecule has 132 valence electrons. The topological polar surface area (TPSA) is 79.2 Å². The van der Waals surface area contributed by atoms with Gasteiger partial charge >= 0.3 is 0 Å². The quantitative estimate of drug-likeness (QED) is 0.723. The van der Waals surface area contributed by atoms with Crippen LogP contribution in [0.15, 0.2) is 52.3 Å². The van der Waals surface area contributed by atoms with E-state index in [1.807, 2.05) is 31.4 Å². The highest BCUT2D eigenvalue weighted by Gasteiger charge is 2.18. The molecule has 1 unspecified atom stereocenters. The van der Waals surface area contributed by atoms with Crippen LogP contribution in [0, 0.1) is 18.3 Å². The fourth-order valence-corrected chi connectivity index (χ4v) is 3.83. The minimum atomic E-state index is -3.74. The zero-order valence-corrected chi connectivity index (χ0v) is 16.1. The Kier molecular flexibility index (Phi) is 6.73. The molecule has 1 N–H and O–H groups in total. The number of nitrogens with zero attached hydrogens (tertiary/aromatic N) is 1. The van der Waals surface area contributed by atoms with E-state index < -0.39 is 16.1 Å². The summed E-state index contributed by atoms with van der Waals surface area (Å²) in [5.41, 5.74) is 1.03. The lowest BCUT2D eigenvalue weighted by Gasteiger charge is -2.15. The van der Waals surface area contributed by atoms with Gasteiger partial charge in [0.25, 0.3) is 0 Å². The number of nitrogens with one attached hydrogen (secondary N) is 1. The highest BCUT2D eigenvalue weighted by Crippen LogP contribution is 2.24. The van der Waals surface area contributed by atoms with Crippen LogP contribution in [0.25, 0.3) is 0 Å². The molecular formula is C17H17ClN2O3S2. The van der Waals surface area contributed by atoms with Crippen molar-refractivity contribution in [1.82, 2.24) is 4.72 Å². The number of sulfonamides is 1. The van der Waals surface area contributed by atoms with Crippen LogP contribution in [-0.2, 0) is 10.0 Å². The van der Waals surface area contributed by atoms with E-state index in [9.17, 15) is 13.7 Å². The highest BCUT2D eigenvalue weighted by atomic mass is 35.5. The zero-order chi connectivity index (χ0) is 18.4. The lowest BCUT2D eigenvalue weighted by molar-refractivity contribution is 0.258. The molecule has 0 aromatic heterocycles. The molecule has 0 aliphatic rings. The lowest BCUT2D eigenvalue weighted by Crippen LogP contribution is -2.34. The van der Waals surface area contributed by atoms with Gasteiger partial charge in [-0.1, -0.05) is 11.6 Å². The van der Waals surface area contributed by atoms with Gasteiger partial charge in [0, 0.05) is 9.92 Å². The molecule has 2 aromatic rings. The Morgan fingerprint density at radius 1 is 1.28 bits per heavy atom. The Morgan fingerprint density at radius 3 is 2.52 bits per heavy atom. The van der Waals surface area contributed by atoms with Crippen LogP contribution in [0.2, 0.25) is 5.02 Å². The van der Waals surface area contributed by atoms with Crippen molar-refractivity contribution in [3.05, 3.63) is 53.1 Å². The molecule has 0 bridgehead atoms. The minimum Gasteiger partial charge on any atom is -0.474 e. The summed E-state index contributed by atoms with van der Waals surface area (Å²) < 4.78 is 32.4. The number of hydrogen-bond donors (Lipinski definition) is 1. The van der Waals surface area contributed by atoms with E-state index in [2.05, 4.69) is 4.72 Å². The normalized spacial score (nSPS) is 12.4. The molecule has 25 heavy (non-hydrogen) atoms. The van der Waals surface area contributed by atoms with Gasteiger partial charge in [-0.05, 0) is 61.2 Å². The van der Waals surface area contributed by atoms with Crippen molar-refractivity contribution in [2.24, 2.45) is 0 Å². The maximum atomic E-state index is 12.2. The third kappa shape index (κ3) is 5.38. The summed E-state index contributed by atoms with van der Waals surface area (Å²) in [6.07, 6.45) is 1.04. The van der Waals surface area contributed by atoms with E-state index in [4.69, 9.17) is 16.3 Å². The summed E-state index contributed by atoms with van der Waals surface area (Å²) in [5.74, 6) is 0.521. The monoisotopic (exact) mass is 396 g/mol. The Labute approximate surface area is 157 Å². The van der Waals surface area contributed by atoms with E-state index in [-0.39, 0.29) is 11.4 Å². The molecule has 0 spiro atoms. The second-order valence-electron chi connectivity index (χ2n) is 5.17. The number of rotatable bonds is 7. The summed E-state index contributed by atoms with van der Waals surface area (Å²) in [6.45, 7) is 1.79. The van der Waals surface area contributed by atoms with Gasteiger partial charge in [-0.2, -0.15) is 5.26 Å². The lowest BCUT2D eigenvalue weighted by atomic mass is 10.2. The molecule has 8 heteroatoms. The Balaban J connectivity index is 2.04. The second-order valence-corrected chi connectivity index (χ2v) is 8.22. The molecule has 0 aliphatic carbocycles. The number of aryl methyl sites for hydroxylation is 1. The third-order valence-electron chi connectivity index (χ3n) is 3.37. The standard InChI is InChI=1S/C17H17ClN2O3S2/c1-12-9-14(5-8-17(12)24-2)23-15(10-19)11-20-25(21,22)16-6-3-13(18)4-7-16/h3-9,15,20H,11H2,1-2H3. The smallest absolute Gasteiger partial charge is 0.240 e. The average molecular weight is 397 g/mol. The van der Waals surface area contributed by atoms with Crippen molar-refractivity contribution in [3.63, 3.8) is 0 Å². The van der Waals surface area contributed by atoms with E-state index >= 15 is 0 Å². The summed E-state index contributed by atoms with van der Waals surface area (Å²) in [6, 6.07) is 13.2. The SMILES string of the molecule is CSc1ccc(OC(C#N)CNS(=O)(=O)c2ccc(Cl)cc2)cc1C. The number of halogens is 1. The molecular weight excluding hydrogens is 380 g/mol. The average Bonchev–Trinajstić information content (AvgIpc) is 2.59. The van der Waals surface area contributed by atoms with E-state index in [1.165, 1.54) is 24.3 Å². The fourth-order valence-electron chi connectivity index (χ4n) is 2.08. The van der Waals surface area contributed by atoms with Crippen LogP contribution in [0.4, 0.5) is 0 Å². The van der Waals surface area contributed by atoms with E-state index in [0.717, 1.165) is 10.5 Å². The first-order valence-electron chi connectivity index (χ1n) is 7.32. The molecule has 5 nitrogen and oxygen atoms in total. The first kappa shape index (κ1) is 19.6. The van der Waals surface area contributed by atoms with Crippen molar-refractivity contribution in [2.75, 3.05) is 12.8 Å². The number of benzene rings is 2.